The van der Waals surface area contributed by atoms with E-state index in [2.05, 4.69) is 43.4 Å². The normalized spacial score (nSPS) is 12.5. The largest absolute Gasteiger partial charge is 0.493 e. The highest BCUT2D eigenvalue weighted by Crippen LogP contribution is 2.35. The molecule has 0 spiro atoms. The molecule has 33 heavy (non-hydrogen) atoms. The van der Waals surface area contributed by atoms with Gasteiger partial charge in [-0.15, -0.1) is 11.3 Å². The lowest BCUT2D eigenvalue weighted by molar-refractivity contribution is 0.357. The summed E-state index contributed by atoms with van der Waals surface area (Å²) in [6.45, 7) is 5.47. The lowest BCUT2D eigenvalue weighted by Gasteiger charge is -2.06. The van der Waals surface area contributed by atoms with Crippen LogP contribution in [-0.4, -0.2) is 11.6 Å². The first kappa shape index (κ1) is 21.6. The maximum Gasteiger partial charge on any atom is 0.183 e. The third-order valence-corrected chi connectivity index (χ3v) is 6.74. The molecule has 0 fully saturated rings. The summed E-state index contributed by atoms with van der Waals surface area (Å²) < 4.78 is 33.8. The first-order valence-corrected chi connectivity index (χ1v) is 11.8. The number of nitrogens with one attached hydrogen (secondary N) is 1. The van der Waals surface area contributed by atoms with E-state index in [0.29, 0.717) is 29.4 Å². The number of aromatic nitrogens is 1. The molecule has 3 aromatic carbocycles. The molecule has 1 aromatic heterocycles. The molecule has 0 bridgehead atoms. The first-order chi connectivity index (χ1) is 15.9. The lowest BCUT2D eigenvalue weighted by Crippen LogP contribution is -1.99. The van der Waals surface area contributed by atoms with Gasteiger partial charge in [0, 0.05) is 35.9 Å². The molecule has 0 unspecified atom stereocenters. The summed E-state index contributed by atoms with van der Waals surface area (Å²) in [6.07, 6.45) is 1.55. The van der Waals surface area contributed by atoms with Crippen LogP contribution >= 0.6 is 11.3 Å². The van der Waals surface area contributed by atoms with Crippen LogP contribution in [0.3, 0.4) is 0 Å². The van der Waals surface area contributed by atoms with Gasteiger partial charge in [0.15, 0.2) is 5.13 Å². The molecular formula is C27H24F2N2OS. The van der Waals surface area contributed by atoms with Crippen LogP contribution in [0, 0.1) is 25.5 Å². The molecule has 0 radical (unpaired) electrons. The van der Waals surface area contributed by atoms with Gasteiger partial charge in [0.05, 0.1) is 12.3 Å². The quantitative estimate of drug-likeness (QED) is 0.341. The van der Waals surface area contributed by atoms with Crippen LogP contribution in [0.25, 0.3) is 11.3 Å². The van der Waals surface area contributed by atoms with E-state index in [1.165, 1.54) is 40.2 Å². The Kier molecular flexibility index (Phi) is 5.85. The predicted octanol–water partition coefficient (Wildman–Crippen LogP) is 6.84. The van der Waals surface area contributed by atoms with Crippen molar-refractivity contribution >= 4 is 16.5 Å². The number of benzene rings is 3. The summed E-state index contributed by atoms with van der Waals surface area (Å²) in [4.78, 5) is 5.66. The topological polar surface area (TPSA) is 34.1 Å². The summed E-state index contributed by atoms with van der Waals surface area (Å²) >= 11 is 1.51. The molecule has 1 aliphatic rings. The molecule has 1 aliphatic heterocycles. The second kappa shape index (κ2) is 8.94. The Morgan fingerprint density at radius 2 is 1.79 bits per heavy atom. The number of anilines is 1. The van der Waals surface area contributed by atoms with Crippen molar-refractivity contribution in [3.8, 4) is 17.0 Å². The van der Waals surface area contributed by atoms with Gasteiger partial charge in [0.25, 0.3) is 0 Å². The van der Waals surface area contributed by atoms with E-state index in [1.807, 2.05) is 12.1 Å². The predicted molar refractivity (Wildman–Crippen MR) is 129 cm³/mol. The van der Waals surface area contributed by atoms with Crippen LogP contribution in [0.4, 0.5) is 13.9 Å². The van der Waals surface area contributed by atoms with Crippen molar-refractivity contribution in [1.29, 1.82) is 0 Å². The minimum Gasteiger partial charge on any atom is -0.493 e. The molecule has 168 valence electrons. The minimum atomic E-state index is -0.604. The number of hydrogen-bond acceptors (Lipinski definition) is 4. The number of hydrogen-bond donors (Lipinski definition) is 1. The highest BCUT2D eigenvalue weighted by molar-refractivity contribution is 7.16. The van der Waals surface area contributed by atoms with E-state index < -0.39 is 11.6 Å². The van der Waals surface area contributed by atoms with Crippen LogP contribution in [0.2, 0.25) is 0 Å². The molecule has 4 aromatic rings. The SMILES string of the molecule is Cc1cc(C)cc(Cc2sc(NCc3ccc4c(c3)CCO4)nc2-c2ccc(F)cc2F)c1. The monoisotopic (exact) mass is 462 g/mol. The average molecular weight is 463 g/mol. The van der Waals surface area contributed by atoms with Gasteiger partial charge in [-0.1, -0.05) is 41.5 Å². The summed E-state index contributed by atoms with van der Waals surface area (Å²) in [5, 5.41) is 4.10. The van der Waals surface area contributed by atoms with Crippen molar-refractivity contribution in [2.75, 3.05) is 11.9 Å². The number of ether oxygens (including phenoxy) is 1. The second-order valence-corrected chi connectivity index (χ2v) is 9.57. The van der Waals surface area contributed by atoms with Gasteiger partial charge in [0.1, 0.15) is 17.4 Å². The second-order valence-electron chi connectivity index (χ2n) is 8.48. The summed E-state index contributed by atoms with van der Waals surface area (Å²) in [7, 11) is 0. The van der Waals surface area contributed by atoms with E-state index in [0.717, 1.165) is 40.8 Å². The zero-order valence-electron chi connectivity index (χ0n) is 18.5. The Labute approximate surface area is 196 Å². The smallest absolute Gasteiger partial charge is 0.183 e. The maximum atomic E-state index is 14.7. The van der Waals surface area contributed by atoms with Gasteiger partial charge in [-0.05, 0) is 48.7 Å². The van der Waals surface area contributed by atoms with E-state index in [4.69, 9.17) is 9.72 Å². The Balaban J connectivity index is 1.45. The number of halogens is 2. The highest BCUT2D eigenvalue weighted by Gasteiger charge is 2.18. The number of nitrogens with zero attached hydrogens (tertiary/aromatic N) is 1. The number of aryl methyl sites for hydroxylation is 2. The molecule has 0 saturated heterocycles. The standard InChI is InChI=1S/C27H24F2N2OS/c1-16-9-17(2)11-19(10-16)13-25-26(22-5-4-21(28)14-23(22)29)31-27(33-25)30-15-18-3-6-24-20(12-18)7-8-32-24/h3-6,9-12,14H,7-8,13,15H2,1-2H3,(H,30,31). The van der Waals surface area contributed by atoms with E-state index in [1.54, 1.807) is 0 Å². The highest BCUT2D eigenvalue weighted by atomic mass is 32.1. The average Bonchev–Trinajstić information content (AvgIpc) is 3.38. The van der Waals surface area contributed by atoms with Gasteiger partial charge in [-0.3, -0.25) is 0 Å². The fourth-order valence-electron chi connectivity index (χ4n) is 4.32. The molecule has 3 nitrogen and oxygen atoms in total. The van der Waals surface area contributed by atoms with Crippen molar-refractivity contribution in [1.82, 2.24) is 4.98 Å². The fraction of sp³-hybridized carbons (Fsp3) is 0.222. The Morgan fingerprint density at radius 1 is 0.970 bits per heavy atom. The zero-order chi connectivity index (χ0) is 22.9. The van der Waals surface area contributed by atoms with Crippen LogP contribution < -0.4 is 10.1 Å². The first-order valence-electron chi connectivity index (χ1n) is 11.0. The van der Waals surface area contributed by atoms with Crippen molar-refractivity contribution < 1.29 is 13.5 Å². The molecule has 1 N–H and O–H groups in total. The summed E-state index contributed by atoms with van der Waals surface area (Å²) in [5.41, 5.74) is 6.74. The number of rotatable bonds is 6. The third-order valence-electron chi connectivity index (χ3n) is 5.73. The Hall–Kier alpha value is -3.25. The number of thiazole rings is 1. The van der Waals surface area contributed by atoms with Crippen molar-refractivity contribution in [3.05, 3.63) is 98.9 Å². The Bertz CT molecular complexity index is 1310. The van der Waals surface area contributed by atoms with Crippen LogP contribution in [-0.2, 0) is 19.4 Å². The molecule has 0 saturated carbocycles. The van der Waals surface area contributed by atoms with Gasteiger partial charge >= 0.3 is 0 Å². The molecule has 5 rings (SSSR count). The maximum absolute atomic E-state index is 14.7. The van der Waals surface area contributed by atoms with Gasteiger partial charge in [-0.2, -0.15) is 0 Å². The van der Waals surface area contributed by atoms with Gasteiger partial charge in [0.2, 0.25) is 0 Å². The van der Waals surface area contributed by atoms with E-state index in [-0.39, 0.29) is 0 Å². The Morgan fingerprint density at radius 3 is 2.58 bits per heavy atom. The van der Waals surface area contributed by atoms with Crippen molar-refractivity contribution in [2.24, 2.45) is 0 Å². The molecule has 2 heterocycles. The van der Waals surface area contributed by atoms with Gasteiger partial charge in [-0.25, -0.2) is 13.8 Å². The number of fused-ring (bicyclic) bond motifs is 1. The van der Waals surface area contributed by atoms with Crippen LogP contribution in [0.15, 0.2) is 54.6 Å². The van der Waals surface area contributed by atoms with Crippen LogP contribution in [0.5, 0.6) is 5.75 Å². The van der Waals surface area contributed by atoms with E-state index in [9.17, 15) is 8.78 Å². The lowest BCUT2D eigenvalue weighted by atomic mass is 10.0. The molecule has 0 aliphatic carbocycles. The van der Waals surface area contributed by atoms with Crippen molar-refractivity contribution in [3.63, 3.8) is 0 Å². The zero-order valence-corrected chi connectivity index (χ0v) is 19.4. The summed E-state index contributed by atoms with van der Waals surface area (Å²) in [5.74, 6) is -0.244. The minimum absolute atomic E-state index is 0.315. The fourth-order valence-corrected chi connectivity index (χ4v) is 5.33. The molecule has 0 amide bonds. The summed E-state index contributed by atoms with van der Waals surface area (Å²) in [6, 6.07) is 16.3. The third kappa shape index (κ3) is 4.76. The van der Waals surface area contributed by atoms with Crippen LogP contribution in [0.1, 0.15) is 32.7 Å². The molecular weight excluding hydrogens is 438 g/mol. The van der Waals surface area contributed by atoms with Gasteiger partial charge < -0.3 is 10.1 Å². The van der Waals surface area contributed by atoms with Crippen molar-refractivity contribution in [2.45, 2.75) is 33.2 Å². The molecule has 0 atom stereocenters. The van der Waals surface area contributed by atoms with E-state index >= 15 is 0 Å². The molecule has 6 heteroatoms.